The molecule has 0 saturated carbocycles. The summed E-state index contributed by atoms with van der Waals surface area (Å²) in [6.45, 7) is 8.43. The van der Waals surface area contributed by atoms with Crippen LogP contribution in [0.3, 0.4) is 0 Å². The molecule has 1 saturated heterocycles. The van der Waals surface area contributed by atoms with E-state index in [-0.39, 0.29) is 0 Å². The Labute approximate surface area is 161 Å². The Balaban J connectivity index is 1.68. The Hall–Kier alpha value is -1.83. The number of ether oxygens (including phenoxy) is 1. The highest BCUT2D eigenvalue weighted by molar-refractivity contribution is 7.90. The third kappa shape index (κ3) is 4.37. The van der Waals surface area contributed by atoms with Gasteiger partial charge in [-0.15, -0.1) is 0 Å². The van der Waals surface area contributed by atoms with Gasteiger partial charge >= 0.3 is 7.12 Å². The zero-order valence-corrected chi connectivity index (χ0v) is 17.2. The minimum Gasteiger partial charge on any atom is -0.489 e. The van der Waals surface area contributed by atoms with Gasteiger partial charge in [0.25, 0.3) is 0 Å². The van der Waals surface area contributed by atoms with Crippen molar-refractivity contribution in [1.82, 2.24) is 0 Å². The van der Waals surface area contributed by atoms with Crippen molar-refractivity contribution in [1.29, 1.82) is 0 Å². The molecule has 1 heterocycles. The summed E-state index contributed by atoms with van der Waals surface area (Å²) in [6, 6.07) is 14.3. The Morgan fingerprint density at radius 1 is 0.963 bits per heavy atom. The fourth-order valence-corrected chi connectivity index (χ4v) is 3.36. The van der Waals surface area contributed by atoms with Crippen LogP contribution in [0.2, 0.25) is 0 Å². The van der Waals surface area contributed by atoms with Crippen LogP contribution < -0.4 is 10.2 Å². The predicted octanol–water partition coefficient (Wildman–Crippen LogP) is 2.97. The Bertz CT molecular complexity index is 904. The van der Waals surface area contributed by atoms with Gasteiger partial charge in [0.1, 0.15) is 12.4 Å². The molecule has 0 spiro atoms. The highest BCUT2D eigenvalue weighted by Crippen LogP contribution is 2.36. The standard InChI is InChI=1S/C20H25BO5S/c1-19(2)20(3,4)26-21(25-19)16-7-6-8-17(13-16)24-14-15-9-11-18(12-10-15)27(5,22)23/h6-13H,14H2,1-5H3. The van der Waals surface area contributed by atoms with Crippen molar-refractivity contribution in [2.75, 3.05) is 6.26 Å². The average molecular weight is 388 g/mol. The maximum atomic E-state index is 11.5. The second kappa shape index (κ2) is 6.97. The quantitative estimate of drug-likeness (QED) is 0.737. The second-order valence-electron chi connectivity index (χ2n) is 7.87. The van der Waals surface area contributed by atoms with E-state index in [4.69, 9.17) is 14.0 Å². The maximum Gasteiger partial charge on any atom is 0.494 e. The number of hydrogen-bond acceptors (Lipinski definition) is 5. The lowest BCUT2D eigenvalue weighted by molar-refractivity contribution is 0.00578. The van der Waals surface area contributed by atoms with Crippen LogP contribution in [0.1, 0.15) is 33.3 Å². The van der Waals surface area contributed by atoms with Gasteiger partial charge in [-0.25, -0.2) is 8.42 Å². The molecule has 3 rings (SSSR count). The van der Waals surface area contributed by atoms with Crippen LogP contribution >= 0.6 is 0 Å². The molecule has 0 aromatic heterocycles. The summed E-state index contributed by atoms with van der Waals surface area (Å²) in [5, 5.41) is 0. The molecule has 1 fully saturated rings. The van der Waals surface area contributed by atoms with Crippen molar-refractivity contribution >= 4 is 22.4 Å². The first kappa shape index (κ1) is 19.9. The molecule has 0 aliphatic carbocycles. The summed E-state index contributed by atoms with van der Waals surface area (Å²) in [5.41, 5.74) is 1.01. The van der Waals surface area contributed by atoms with E-state index in [1.807, 2.05) is 52.0 Å². The first-order chi connectivity index (χ1) is 12.5. The minimum absolute atomic E-state index is 0.300. The molecule has 144 valence electrons. The smallest absolute Gasteiger partial charge is 0.489 e. The van der Waals surface area contributed by atoms with Gasteiger partial charge in [0.15, 0.2) is 9.84 Å². The predicted molar refractivity (Wildman–Crippen MR) is 106 cm³/mol. The van der Waals surface area contributed by atoms with E-state index >= 15 is 0 Å². The highest BCUT2D eigenvalue weighted by atomic mass is 32.2. The number of benzene rings is 2. The third-order valence-electron chi connectivity index (χ3n) is 5.14. The van der Waals surface area contributed by atoms with Gasteiger partial charge in [0.2, 0.25) is 0 Å². The van der Waals surface area contributed by atoms with Gasteiger partial charge in [-0.1, -0.05) is 24.3 Å². The Kier molecular flexibility index (Phi) is 5.14. The first-order valence-electron chi connectivity index (χ1n) is 8.85. The molecule has 27 heavy (non-hydrogen) atoms. The lowest BCUT2D eigenvalue weighted by atomic mass is 9.79. The minimum atomic E-state index is -3.19. The largest absolute Gasteiger partial charge is 0.494 e. The van der Waals surface area contributed by atoms with E-state index in [0.29, 0.717) is 17.3 Å². The summed E-state index contributed by atoms with van der Waals surface area (Å²) in [5.74, 6) is 0.703. The van der Waals surface area contributed by atoms with Crippen molar-refractivity contribution in [2.24, 2.45) is 0 Å². The topological polar surface area (TPSA) is 61.8 Å². The lowest BCUT2D eigenvalue weighted by Gasteiger charge is -2.32. The Morgan fingerprint density at radius 2 is 1.56 bits per heavy atom. The van der Waals surface area contributed by atoms with Crippen LogP contribution in [0.5, 0.6) is 5.75 Å². The van der Waals surface area contributed by atoms with Crippen LogP contribution in [0.15, 0.2) is 53.4 Å². The lowest BCUT2D eigenvalue weighted by Crippen LogP contribution is -2.41. The van der Waals surface area contributed by atoms with Crippen molar-refractivity contribution < 1.29 is 22.5 Å². The average Bonchev–Trinajstić information content (AvgIpc) is 2.81. The van der Waals surface area contributed by atoms with Crippen LogP contribution in [-0.4, -0.2) is 33.0 Å². The number of sulfone groups is 1. The molecule has 0 unspecified atom stereocenters. The summed E-state index contributed by atoms with van der Waals surface area (Å²) >= 11 is 0. The number of hydrogen-bond donors (Lipinski definition) is 0. The first-order valence-corrected chi connectivity index (χ1v) is 10.7. The van der Waals surface area contributed by atoms with Gasteiger partial charge in [-0.2, -0.15) is 0 Å². The fourth-order valence-electron chi connectivity index (χ4n) is 2.73. The highest BCUT2D eigenvalue weighted by Gasteiger charge is 2.51. The van der Waals surface area contributed by atoms with Crippen molar-refractivity contribution in [2.45, 2.75) is 50.4 Å². The zero-order valence-electron chi connectivity index (χ0n) is 16.4. The van der Waals surface area contributed by atoms with E-state index in [2.05, 4.69) is 0 Å². The zero-order chi connectivity index (χ0) is 19.9. The van der Waals surface area contributed by atoms with Gasteiger partial charge in [-0.3, -0.25) is 0 Å². The molecule has 2 aromatic rings. The van der Waals surface area contributed by atoms with Crippen LogP contribution in [0, 0.1) is 0 Å². The van der Waals surface area contributed by atoms with E-state index in [9.17, 15) is 8.42 Å². The molecular formula is C20H25BO5S. The SMILES string of the molecule is CC1(C)OB(c2cccc(OCc3ccc(S(C)(=O)=O)cc3)c2)OC1(C)C. The van der Waals surface area contributed by atoms with Gasteiger partial charge in [-0.05, 0) is 63.0 Å². The van der Waals surface area contributed by atoms with Crippen LogP contribution in [-0.2, 0) is 25.8 Å². The van der Waals surface area contributed by atoms with Gasteiger partial charge in [0, 0.05) is 6.26 Å². The Morgan fingerprint density at radius 3 is 2.11 bits per heavy atom. The van der Waals surface area contributed by atoms with E-state index < -0.39 is 28.2 Å². The summed E-state index contributed by atoms with van der Waals surface area (Å²) in [4.78, 5) is 0.300. The molecule has 1 aliphatic rings. The molecule has 1 aliphatic heterocycles. The third-order valence-corrected chi connectivity index (χ3v) is 6.27. The van der Waals surface area contributed by atoms with E-state index in [1.54, 1.807) is 24.3 Å². The van der Waals surface area contributed by atoms with Crippen molar-refractivity contribution in [3.63, 3.8) is 0 Å². The summed E-state index contributed by atoms with van der Waals surface area (Å²) < 4.78 is 41.1. The van der Waals surface area contributed by atoms with Gasteiger partial charge in [0.05, 0.1) is 16.1 Å². The molecule has 7 heteroatoms. The normalized spacial score (nSPS) is 18.5. The van der Waals surface area contributed by atoms with E-state index in [0.717, 1.165) is 11.0 Å². The molecule has 0 atom stereocenters. The molecule has 0 radical (unpaired) electrons. The van der Waals surface area contributed by atoms with Crippen LogP contribution in [0.4, 0.5) is 0 Å². The van der Waals surface area contributed by atoms with Crippen LogP contribution in [0.25, 0.3) is 0 Å². The molecule has 0 amide bonds. The molecular weight excluding hydrogens is 363 g/mol. The molecule has 5 nitrogen and oxygen atoms in total. The van der Waals surface area contributed by atoms with Crippen molar-refractivity contribution in [3.8, 4) is 5.75 Å². The molecule has 0 bridgehead atoms. The molecule has 2 aromatic carbocycles. The monoisotopic (exact) mass is 388 g/mol. The number of rotatable bonds is 5. The summed E-state index contributed by atoms with van der Waals surface area (Å²) in [7, 11) is -3.63. The molecule has 0 N–H and O–H groups in total. The summed E-state index contributed by atoms with van der Waals surface area (Å²) in [6.07, 6.45) is 1.19. The van der Waals surface area contributed by atoms with E-state index in [1.165, 1.54) is 6.26 Å². The second-order valence-corrected chi connectivity index (χ2v) is 9.88. The van der Waals surface area contributed by atoms with Gasteiger partial charge < -0.3 is 14.0 Å². The maximum absolute atomic E-state index is 11.5. The fraction of sp³-hybridized carbons (Fsp3) is 0.400. The van der Waals surface area contributed by atoms with Crippen molar-refractivity contribution in [3.05, 3.63) is 54.1 Å².